The molecule has 0 spiro atoms. The van der Waals surface area contributed by atoms with Gasteiger partial charge in [0.25, 0.3) is 0 Å². The highest BCUT2D eigenvalue weighted by atomic mass is 35.5. The number of halogens is 2. The SMILES string of the molecule is CC1=C(C(=O)c2ccc(Cl)cc2)C(c2ccc(F)cc2)NC(=O)N1. The number of allylic oxidation sites excluding steroid dienone is 1. The van der Waals surface area contributed by atoms with Gasteiger partial charge in [0.2, 0.25) is 0 Å². The third kappa shape index (κ3) is 3.16. The quantitative estimate of drug-likeness (QED) is 0.827. The largest absolute Gasteiger partial charge is 0.327 e. The van der Waals surface area contributed by atoms with E-state index in [0.29, 0.717) is 27.4 Å². The Morgan fingerprint density at radius 2 is 1.71 bits per heavy atom. The fourth-order valence-corrected chi connectivity index (χ4v) is 2.78. The van der Waals surface area contributed by atoms with Crippen LogP contribution in [0.15, 0.2) is 59.8 Å². The van der Waals surface area contributed by atoms with Crippen LogP contribution in [0.2, 0.25) is 5.02 Å². The van der Waals surface area contributed by atoms with Gasteiger partial charge in [0.05, 0.1) is 6.04 Å². The van der Waals surface area contributed by atoms with Gasteiger partial charge in [0.1, 0.15) is 5.82 Å². The van der Waals surface area contributed by atoms with Gasteiger partial charge in [-0.3, -0.25) is 4.79 Å². The van der Waals surface area contributed by atoms with E-state index < -0.39 is 12.1 Å². The normalized spacial score (nSPS) is 17.3. The van der Waals surface area contributed by atoms with E-state index in [1.165, 1.54) is 12.1 Å². The van der Waals surface area contributed by atoms with Crippen LogP contribution in [0.25, 0.3) is 0 Å². The molecule has 0 aliphatic carbocycles. The van der Waals surface area contributed by atoms with E-state index >= 15 is 0 Å². The molecule has 6 heteroatoms. The Balaban J connectivity index is 2.04. The lowest BCUT2D eigenvalue weighted by Gasteiger charge is -2.28. The summed E-state index contributed by atoms with van der Waals surface area (Å²) >= 11 is 5.86. The summed E-state index contributed by atoms with van der Waals surface area (Å²) in [5.41, 5.74) is 1.96. The van der Waals surface area contributed by atoms with Crippen molar-refractivity contribution >= 4 is 23.4 Å². The summed E-state index contributed by atoms with van der Waals surface area (Å²) in [6.45, 7) is 1.67. The van der Waals surface area contributed by atoms with Crippen molar-refractivity contribution in [1.82, 2.24) is 10.6 Å². The van der Waals surface area contributed by atoms with Crippen LogP contribution < -0.4 is 10.6 Å². The lowest BCUT2D eigenvalue weighted by molar-refractivity contribution is 0.102. The molecule has 24 heavy (non-hydrogen) atoms. The van der Waals surface area contributed by atoms with Crippen LogP contribution in [0, 0.1) is 5.82 Å². The maximum atomic E-state index is 13.2. The number of carbonyl (C=O) groups excluding carboxylic acids is 2. The fourth-order valence-electron chi connectivity index (χ4n) is 2.66. The summed E-state index contributed by atoms with van der Waals surface area (Å²) in [4.78, 5) is 24.7. The lowest BCUT2D eigenvalue weighted by Crippen LogP contribution is -2.45. The van der Waals surface area contributed by atoms with E-state index in [-0.39, 0.29) is 11.6 Å². The molecular weight excluding hydrogens is 331 g/mol. The van der Waals surface area contributed by atoms with Crippen molar-refractivity contribution in [1.29, 1.82) is 0 Å². The predicted molar refractivity (Wildman–Crippen MR) is 89.3 cm³/mol. The Kier molecular flexibility index (Phi) is 4.36. The molecule has 0 aromatic heterocycles. The zero-order chi connectivity index (χ0) is 17.3. The summed E-state index contributed by atoms with van der Waals surface area (Å²) in [6, 6.07) is 11.1. The second kappa shape index (κ2) is 6.45. The third-order valence-corrected chi connectivity index (χ3v) is 4.08. The van der Waals surface area contributed by atoms with Gasteiger partial charge in [-0.2, -0.15) is 0 Å². The molecule has 2 aromatic carbocycles. The summed E-state index contributed by atoms with van der Waals surface area (Å²) in [5, 5.41) is 5.86. The van der Waals surface area contributed by atoms with Crippen molar-refractivity contribution < 1.29 is 14.0 Å². The molecule has 0 saturated carbocycles. The molecule has 0 bridgehead atoms. The smallest absolute Gasteiger partial charge is 0.319 e. The van der Waals surface area contributed by atoms with E-state index in [4.69, 9.17) is 11.6 Å². The standard InChI is InChI=1S/C18H14ClFN2O2/c1-10-15(17(23)12-2-6-13(19)7-3-12)16(22-18(24)21-10)11-4-8-14(20)9-5-11/h2-9,16H,1H3,(H2,21,22,24). The number of benzene rings is 2. The molecule has 1 aliphatic rings. The molecular formula is C18H14ClFN2O2. The zero-order valence-corrected chi connectivity index (χ0v) is 13.5. The number of nitrogens with one attached hydrogen (secondary N) is 2. The van der Waals surface area contributed by atoms with Crippen molar-refractivity contribution in [2.24, 2.45) is 0 Å². The summed E-state index contributed by atoms with van der Waals surface area (Å²) < 4.78 is 13.2. The summed E-state index contributed by atoms with van der Waals surface area (Å²) in [7, 11) is 0. The monoisotopic (exact) mass is 344 g/mol. The molecule has 122 valence electrons. The van der Waals surface area contributed by atoms with E-state index in [1.807, 2.05) is 0 Å². The van der Waals surface area contributed by atoms with E-state index in [2.05, 4.69) is 10.6 Å². The first-order valence-electron chi connectivity index (χ1n) is 7.29. The maximum absolute atomic E-state index is 13.2. The fraction of sp³-hybridized carbons (Fsp3) is 0.111. The number of Topliss-reactive ketones (excluding diaryl/α,β-unsaturated/α-hetero) is 1. The van der Waals surface area contributed by atoms with Gasteiger partial charge < -0.3 is 10.6 Å². The molecule has 2 N–H and O–H groups in total. The van der Waals surface area contributed by atoms with Crippen LogP contribution in [-0.2, 0) is 0 Å². The summed E-state index contributed by atoms with van der Waals surface area (Å²) in [6.07, 6.45) is 0. The number of carbonyl (C=O) groups is 2. The lowest BCUT2D eigenvalue weighted by atomic mass is 9.89. The Morgan fingerprint density at radius 1 is 1.08 bits per heavy atom. The van der Waals surface area contributed by atoms with Crippen LogP contribution in [-0.4, -0.2) is 11.8 Å². The predicted octanol–water partition coefficient (Wildman–Crippen LogP) is 3.99. The van der Waals surface area contributed by atoms with Gasteiger partial charge in [-0.05, 0) is 48.9 Å². The van der Waals surface area contributed by atoms with Gasteiger partial charge in [0, 0.05) is 21.9 Å². The van der Waals surface area contributed by atoms with E-state index in [0.717, 1.165) is 0 Å². The second-order valence-corrected chi connectivity index (χ2v) is 5.89. The molecule has 1 unspecified atom stereocenters. The van der Waals surface area contributed by atoms with E-state index in [9.17, 15) is 14.0 Å². The van der Waals surface area contributed by atoms with Crippen molar-refractivity contribution in [3.63, 3.8) is 0 Å². The number of urea groups is 1. The van der Waals surface area contributed by atoms with Crippen LogP contribution in [0.4, 0.5) is 9.18 Å². The number of rotatable bonds is 3. The average molecular weight is 345 g/mol. The highest BCUT2D eigenvalue weighted by Gasteiger charge is 2.31. The minimum atomic E-state index is -0.650. The van der Waals surface area contributed by atoms with Crippen LogP contribution in [0.1, 0.15) is 28.9 Å². The number of hydrogen-bond acceptors (Lipinski definition) is 2. The van der Waals surface area contributed by atoms with Gasteiger partial charge >= 0.3 is 6.03 Å². The van der Waals surface area contributed by atoms with Gasteiger partial charge in [-0.1, -0.05) is 23.7 Å². The van der Waals surface area contributed by atoms with Crippen molar-refractivity contribution in [3.05, 3.63) is 81.8 Å². The average Bonchev–Trinajstić information content (AvgIpc) is 2.55. The molecule has 1 atom stereocenters. The minimum absolute atomic E-state index is 0.231. The first-order chi connectivity index (χ1) is 11.5. The number of amides is 2. The number of ketones is 1. The van der Waals surface area contributed by atoms with Crippen molar-refractivity contribution in [3.8, 4) is 0 Å². The second-order valence-electron chi connectivity index (χ2n) is 5.46. The molecule has 4 nitrogen and oxygen atoms in total. The van der Waals surface area contributed by atoms with E-state index in [1.54, 1.807) is 43.3 Å². The topological polar surface area (TPSA) is 58.2 Å². The molecule has 1 aliphatic heterocycles. The Hall–Kier alpha value is -2.66. The van der Waals surface area contributed by atoms with Gasteiger partial charge in [-0.25, -0.2) is 9.18 Å². The van der Waals surface area contributed by atoms with Crippen LogP contribution >= 0.6 is 11.6 Å². The molecule has 2 amide bonds. The molecule has 0 saturated heterocycles. The van der Waals surface area contributed by atoms with Gasteiger partial charge in [-0.15, -0.1) is 0 Å². The highest BCUT2D eigenvalue weighted by Crippen LogP contribution is 2.29. The Bertz CT molecular complexity index is 829. The minimum Gasteiger partial charge on any atom is -0.327 e. The molecule has 2 aromatic rings. The zero-order valence-electron chi connectivity index (χ0n) is 12.8. The molecule has 3 rings (SSSR count). The molecule has 0 radical (unpaired) electrons. The number of hydrogen-bond donors (Lipinski definition) is 2. The Morgan fingerprint density at radius 3 is 2.33 bits per heavy atom. The van der Waals surface area contributed by atoms with Crippen LogP contribution in [0.3, 0.4) is 0 Å². The first-order valence-corrected chi connectivity index (χ1v) is 7.67. The van der Waals surface area contributed by atoms with Crippen molar-refractivity contribution in [2.75, 3.05) is 0 Å². The summed E-state index contributed by atoms with van der Waals surface area (Å²) in [5.74, 6) is -0.615. The molecule has 0 fully saturated rings. The Labute approximate surface area is 143 Å². The van der Waals surface area contributed by atoms with Gasteiger partial charge in [0.15, 0.2) is 5.78 Å². The molecule has 1 heterocycles. The van der Waals surface area contributed by atoms with Crippen molar-refractivity contribution in [2.45, 2.75) is 13.0 Å². The maximum Gasteiger partial charge on any atom is 0.319 e. The third-order valence-electron chi connectivity index (χ3n) is 3.82. The van der Waals surface area contributed by atoms with Crippen LogP contribution in [0.5, 0.6) is 0 Å². The first kappa shape index (κ1) is 16.2. The highest BCUT2D eigenvalue weighted by molar-refractivity contribution is 6.30.